The monoisotopic (exact) mass is 406 g/mol. The van der Waals surface area contributed by atoms with Crippen LogP contribution >= 0.6 is 0 Å². The third-order valence-electron chi connectivity index (χ3n) is 4.98. The Kier molecular flexibility index (Phi) is 19.7. The highest BCUT2D eigenvalue weighted by Gasteiger charge is 2.00. The van der Waals surface area contributed by atoms with Crippen LogP contribution in [0.3, 0.4) is 0 Å². The van der Waals surface area contributed by atoms with Gasteiger partial charge >= 0.3 is 11.9 Å². The fourth-order valence-electron chi connectivity index (χ4n) is 3.21. The number of hydrogen-bond donors (Lipinski definition) is 2. The molecule has 0 aliphatic rings. The first-order valence-corrected chi connectivity index (χ1v) is 11.7. The fourth-order valence-corrected chi connectivity index (χ4v) is 3.21. The van der Waals surface area contributed by atoms with Crippen molar-refractivity contribution in [1.29, 1.82) is 0 Å². The standard InChI is InChI=1S/C25H42O4/c1-2-3-4-5-6-7-8-9-10-11-12-13-18-23(19-14-16-21-24(26)27)20-15-17-22-25(28)29/h19H,2-12,14-17,20-22H2,1H3,(H,26,27)(H,28,29)/b23-19+. The van der Waals surface area contributed by atoms with Crippen LogP contribution in [0.5, 0.6) is 0 Å². The van der Waals surface area contributed by atoms with E-state index in [4.69, 9.17) is 10.2 Å². The third kappa shape index (κ3) is 22.4. The summed E-state index contributed by atoms with van der Waals surface area (Å²) in [5, 5.41) is 17.5. The van der Waals surface area contributed by atoms with Gasteiger partial charge in [0.05, 0.1) is 0 Å². The van der Waals surface area contributed by atoms with E-state index in [1.807, 2.05) is 6.08 Å². The van der Waals surface area contributed by atoms with Gasteiger partial charge in [0.15, 0.2) is 0 Å². The first-order chi connectivity index (χ1) is 14.1. The van der Waals surface area contributed by atoms with Crippen LogP contribution in [-0.4, -0.2) is 22.2 Å². The molecule has 0 rings (SSSR count). The van der Waals surface area contributed by atoms with Crippen molar-refractivity contribution in [2.45, 2.75) is 122 Å². The highest BCUT2D eigenvalue weighted by molar-refractivity contribution is 5.66. The Labute approximate surface area is 178 Å². The van der Waals surface area contributed by atoms with Crippen LogP contribution in [0.25, 0.3) is 0 Å². The highest BCUT2D eigenvalue weighted by atomic mass is 16.4. The number of rotatable bonds is 19. The molecule has 0 saturated carbocycles. The molecule has 0 aromatic rings. The SMILES string of the molecule is CCCCCCCCCCCCC#C/C(=C\CCCC(=O)O)CCCCC(=O)O. The molecule has 0 aromatic carbocycles. The molecule has 0 fully saturated rings. The van der Waals surface area contributed by atoms with Gasteiger partial charge in [-0.3, -0.25) is 9.59 Å². The second-order valence-corrected chi connectivity index (χ2v) is 7.85. The van der Waals surface area contributed by atoms with Gasteiger partial charge < -0.3 is 10.2 Å². The second-order valence-electron chi connectivity index (χ2n) is 7.85. The number of unbranched alkanes of at least 4 members (excludes halogenated alkanes) is 12. The average Bonchev–Trinajstić information content (AvgIpc) is 2.68. The molecule has 0 aliphatic carbocycles. The van der Waals surface area contributed by atoms with Crippen molar-refractivity contribution in [2.24, 2.45) is 0 Å². The van der Waals surface area contributed by atoms with E-state index in [9.17, 15) is 9.59 Å². The predicted molar refractivity (Wildman–Crippen MR) is 120 cm³/mol. The van der Waals surface area contributed by atoms with E-state index in [2.05, 4.69) is 18.8 Å². The lowest BCUT2D eigenvalue weighted by Crippen LogP contribution is -1.94. The van der Waals surface area contributed by atoms with Gasteiger partial charge in [0.1, 0.15) is 0 Å². The summed E-state index contributed by atoms with van der Waals surface area (Å²) >= 11 is 0. The Bertz CT molecular complexity index is 511. The molecule has 29 heavy (non-hydrogen) atoms. The number of carbonyl (C=O) groups is 2. The molecule has 0 spiro atoms. The van der Waals surface area contributed by atoms with Gasteiger partial charge in [0.2, 0.25) is 0 Å². The molecule has 0 aliphatic heterocycles. The first kappa shape index (κ1) is 27.2. The number of aliphatic carboxylic acids is 2. The summed E-state index contributed by atoms with van der Waals surface area (Å²) in [5.74, 6) is 4.97. The molecule has 0 amide bonds. The summed E-state index contributed by atoms with van der Waals surface area (Å²) in [7, 11) is 0. The Balaban J connectivity index is 4.00. The van der Waals surface area contributed by atoms with Gasteiger partial charge in [-0.2, -0.15) is 0 Å². The Morgan fingerprint density at radius 1 is 0.690 bits per heavy atom. The summed E-state index contributed by atoms with van der Waals surface area (Å²) in [6.07, 6.45) is 20.1. The Morgan fingerprint density at radius 2 is 1.21 bits per heavy atom. The molecule has 0 radical (unpaired) electrons. The fraction of sp³-hybridized carbons (Fsp3) is 0.760. The predicted octanol–water partition coefficient (Wildman–Crippen LogP) is 7.13. The zero-order chi connectivity index (χ0) is 21.6. The van der Waals surface area contributed by atoms with Crippen molar-refractivity contribution in [2.75, 3.05) is 0 Å². The minimum Gasteiger partial charge on any atom is -0.481 e. The van der Waals surface area contributed by atoms with Crippen molar-refractivity contribution >= 4 is 11.9 Å². The van der Waals surface area contributed by atoms with Gasteiger partial charge in [-0.15, -0.1) is 0 Å². The summed E-state index contributed by atoms with van der Waals surface area (Å²) in [5.41, 5.74) is 1.04. The molecule has 0 heterocycles. The summed E-state index contributed by atoms with van der Waals surface area (Å²) in [4.78, 5) is 21.2. The maximum atomic E-state index is 10.6. The minimum absolute atomic E-state index is 0.175. The lowest BCUT2D eigenvalue weighted by molar-refractivity contribution is -0.138. The van der Waals surface area contributed by atoms with Crippen LogP contribution in [0.2, 0.25) is 0 Å². The lowest BCUT2D eigenvalue weighted by atomic mass is 10.0. The van der Waals surface area contributed by atoms with E-state index in [0.29, 0.717) is 19.3 Å². The molecule has 0 unspecified atom stereocenters. The summed E-state index contributed by atoms with van der Waals surface area (Å²) in [6, 6.07) is 0. The van der Waals surface area contributed by atoms with Crippen LogP contribution in [0.15, 0.2) is 11.6 Å². The van der Waals surface area contributed by atoms with Crippen LogP contribution < -0.4 is 0 Å². The van der Waals surface area contributed by atoms with E-state index >= 15 is 0 Å². The zero-order valence-corrected chi connectivity index (χ0v) is 18.5. The van der Waals surface area contributed by atoms with E-state index < -0.39 is 11.9 Å². The largest absolute Gasteiger partial charge is 0.481 e. The molecule has 4 heteroatoms. The van der Waals surface area contributed by atoms with Crippen molar-refractivity contribution in [3.8, 4) is 11.8 Å². The molecule has 2 N–H and O–H groups in total. The van der Waals surface area contributed by atoms with E-state index in [-0.39, 0.29) is 12.8 Å². The Morgan fingerprint density at radius 3 is 1.79 bits per heavy atom. The average molecular weight is 407 g/mol. The van der Waals surface area contributed by atoms with Crippen LogP contribution in [0.1, 0.15) is 122 Å². The number of carboxylic acid groups (broad SMARTS) is 2. The lowest BCUT2D eigenvalue weighted by Gasteiger charge is -2.01. The molecule has 0 atom stereocenters. The van der Waals surface area contributed by atoms with Crippen molar-refractivity contribution in [3.63, 3.8) is 0 Å². The topological polar surface area (TPSA) is 74.6 Å². The van der Waals surface area contributed by atoms with Gasteiger partial charge in [-0.05, 0) is 44.1 Å². The summed E-state index contributed by atoms with van der Waals surface area (Å²) in [6.45, 7) is 2.25. The second kappa shape index (κ2) is 21.0. The molecule has 4 nitrogen and oxygen atoms in total. The van der Waals surface area contributed by atoms with Gasteiger partial charge in [0.25, 0.3) is 0 Å². The van der Waals surface area contributed by atoms with Crippen LogP contribution in [-0.2, 0) is 9.59 Å². The normalized spacial score (nSPS) is 11.1. The molecule has 0 saturated heterocycles. The maximum absolute atomic E-state index is 10.6. The van der Waals surface area contributed by atoms with Crippen molar-refractivity contribution < 1.29 is 19.8 Å². The highest BCUT2D eigenvalue weighted by Crippen LogP contribution is 2.13. The van der Waals surface area contributed by atoms with E-state index in [1.165, 1.54) is 57.8 Å². The molecular formula is C25H42O4. The third-order valence-corrected chi connectivity index (χ3v) is 4.98. The molecular weight excluding hydrogens is 364 g/mol. The van der Waals surface area contributed by atoms with Crippen LogP contribution in [0.4, 0.5) is 0 Å². The molecule has 166 valence electrons. The quantitative estimate of drug-likeness (QED) is 0.177. The van der Waals surface area contributed by atoms with E-state index in [1.54, 1.807) is 0 Å². The number of carboxylic acids is 2. The van der Waals surface area contributed by atoms with E-state index in [0.717, 1.165) is 31.3 Å². The van der Waals surface area contributed by atoms with Gasteiger partial charge in [-0.1, -0.05) is 82.6 Å². The van der Waals surface area contributed by atoms with Crippen molar-refractivity contribution in [1.82, 2.24) is 0 Å². The van der Waals surface area contributed by atoms with Gasteiger partial charge in [-0.25, -0.2) is 0 Å². The maximum Gasteiger partial charge on any atom is 0.303 e. The number of hydrogen-bond acceptors (Lipinski definition) is 2. The summed E-state index contributed by atoms with van der Waals surface area (Å²) < 4.78 is 0. The minimum atomic E-state index is -0.770. The van der Waals surface area contributed by atoms with Gasteiger partial charge in [0, 0.05) is 19.3 Å². The van der Waals surface area contributed by atoms with Crippen molar-refractivity contribution in [3.05, 3.63) is 11.6 Å². The Hall–Kier alpha value is -1.76. The smallest absolute Gasteiger partial charge is 0.303 e. The zero-order valence-electron chi connectivity index (χ0n) is 18.5. The molecule has 0 bridgehead atoms. The van der Waals surface area contributed by atoms with Crippen LogP contribution in [0, 0.1) is 11.8 Å². The first-order valence-electron chi connectivity index (χ1n) is 11.7. The molecule has 0 aromatic heterocycles. The number of allylic oxidation sites excluding steroid dienone is 2.